The van der Waals surface area contributed by atoms with Crippen LogP contribution in [-0.4, -0.2) is 10.9 Å². The van der Waals surface area contributed by atoms with Crippen LogP contribution in [0.4, 0.5) is 4.39 Å². The van der Waals surface area contributed by atoms with Crippen molar-refractivity contribution in [3.63, 3.8) is 0 Å². The summed E-state index contributed by atoms with van der Waals surface area (Å²) in [5.74, 6) is 0. The highest BCUT2D eigenvalue weighted by molar-refractivity contribution is 8.03. The fourth-order valence-electron chi connectivity index (χ4n) is 1.13. The molecule has 0 aromatic rings. The lowest BCUT2D eigenvalue weighted by molar-refractivity contribution is 0.170. The Bertz CT molecular complexity index is 152. The van der Waals surface area contributed by atoms with Crippen LogP contribution in [0.3, 0.4) is 0 Å². The Morgan fingerprint density at radius 3 is 2.50 bits per heavy atom. The molecule has 12 heavy (non-hydrogen) atoms. The molecule has 0 N–H and O–H groups in total. The summed E-state index contributed by atoms with van der Waals surface area (Å²) in [6, 6.07) is 0. The summed E-state index contributed by atoms with van der Waals surface area (Å²) < 4.78 is 13.5. The van der Waals surface area contributed by atoms with Gasteiger partial charge < -0.3 is 0 Å². The topological polar surface area (TPSA) is 0 Å². The minimum atomic E-state index is -1.01. The standard InChI is InChI=1S/C10H19FS/c1-6-10(5,11)7-9(4)12-8(2)3/h9H,2,6-7H2,1,3-5H3. The monoisotopic (exact) mass is 190 g/mol. The minimum Gasteiger partial charge on any atom is -0.244 e. The molecule has 0 aromatic heterocycles. The second-order valence-electron chi connectivity index (χ2n) is 3.60. The van der Waals surface area contributed by atoms with E-state index in [2.05, 4.69) is 6.58 Å². The van der Waals surface area contributed by atoms with E-state index in [0.717, 1.165) is 4.91 Å². The van der Waals surface area contributed by atoms with E-state index in [1.54, 1.807) is 18.7 Å². The normalized spacial score (nSPS) is 18.4. The van der Waals surface area contributed by atoms with Crippen molar-refractivity contribution in [2.45, 2.75) is 51.5 Å². The van der Waals surface area contributed by atoms with E-state index in [-0.39, 0.29) is 0 Å². The van der Waals surface area contributed by atoms with Gasteiger partial charge in [0.2, 0.25) is 0 Å². The predicted molar refractivity (Wildman–Crippen MR) is 56.3 cm³/mol. The molecular formula is C10H19FS. The molecule has 0 rings (SSSR count). The fourth-order valence-corrected chi connectivity index (χ4v) is 2.25. The number of hydrogen-bond acceptors (Lipinski definition) is 1. The average molecular weight is 190 g/mol. The van der Waals surface area contributed by atoms with Gasteiger partial charge in [0.05, 0.1) is 0 Å². The third-order valence-electron chi connectivity index (χ3n) is 1.85. The van der Waals surface area contributed by atoms with Crippen molar-refractivity contribution in [3.05, 3.63) is 11.5 Å². The zero-order valence-corrected chi connectivity index (χ0v) is 9.30. The van der Waals surface area contributed by atoms with E-state index in [1.807, 2.05) is 20.8 Å². The number of hydrogen-bond donors (Lipinski definition) is 0. The smallest absolute Gasteiger partial charge is 0.109 e. The van der Waals surface area contributed by atoms with E-state index >= 15 is 0 Å². The van der Waals surface area contributed by atoms with Crippen LogP contribution >= 0.6 is 11.8 Å². The van der Waals surface area contributed by atoms with Crippen molar-refractivity contribution >= 4 is 11.8 Å². The Morgan fingerprint density at radius 2 is 2.17 bits per heavy atom. The van der Waals surface area contributed by atoms with Gasteiger partial charge in [-0.15, -0.1) is 11.8 Å². The van der Waals surface area contributed by atoms with Gasteiger partial charge in [-0.2, -0.15) is 0 Å². The Labute approximate surface area is 79.6 Å². The van der Waals surface area contributed by atoms with E-state index in [1.165, 1.54) is 0 Å². The zero-order valence-electron chi connectivity index (χ0n) is 8.48. The van der Waals surface area contributed by atoms with Crippen LogP contribution in [0, 0.1) is 0 Å². The molecule has 2 heteroatoms. The highest BCUT2D eigenvalue weighted by Crippen LogP contribution is 2.30. The summed E-state index contributed by atoms with van der Waals surface area (Å²) in [6.45, 7) is 11.4. The lowest BCUT2D eigenvalue weighted by atomic mass is 10.00. The highest BCUT2D eigenvalue weighted by Gasteiger charge is 2.23. The first kappa shape index (κ1) is 12.0. The van der Waals surface area contributed by atoms with Crippen LogP contribution in [0.2, 0.25) is 0 Å². The number of halogens is 1. The molecule has 0 aliphatic carbocycles. The number of rotatable bonds is 5. The molecular weight excluding hydrogens is 171 g/mol. The third kappa shape index (κ3) is 5.64. The van der Waals surface area contributed by atoms with Crippen molar-refractivity contribution in [2.24, 2.45) is 0 Å². The van der Waals surface area contributed by atoms with Crippen molar-refractivity contribution in [3.8, 4) is 0 Å². The first-order valence-electron chi connectivity index (χ1n) is 4.38. The minimum absolute atomic E-state index is 0.331. The second kappa shape index (κ2) is 4.90. The molecule has 0 amide bonds. The van der Waals surface area contributed by atoms with Crippen LogP contribution in [0.1, 0.15) is 40.5 Å². The SMILES string of the molecule is C=C(C)SC(C)CC(C)(F)CC. The second-order valence-corrected chi connectivity index (χ2v) is 5.34. The molecule has 0 fully saturated rings. The van der Waals surface area contributed by atoms with Crippen LogP contribution in [0.15, 0.2) is 11.5 Å². The van der Waals surface area contributed by atoms with Crippen LogP contribution in [-0.2, 0) is 0 Å². The maximum Gasteiger partial charge on any atom is 0.109 e. The maximum atomic E-state index is 13.5. The Kier molecular flexibility index (Phi) is 4.91. The van der Waals surface area contributed by atoms with Crippen LogP contribution in [0.25, 0.3) is 0 Å². The molecule has 2 atom stereocenters. The molecule has 0 aromatic carbocycles. The van der Waals surface area contributed by atoms with Crippen molar-refractivity contribution in [1.29, 1.82) is 0 Å². The summed E-state index contributed by atoms with van der Waals surface area (Å²) in [5.41, 5.74) is -1.01. The Hall–Kier alpha value is 0.0200. The molecule has 0 saturated carbocycles. The van der Waals surface area contributed by atoms with Gasteiger partial charge in [0.15, 0.2) is 0 Å². The fraction of sp³-hybridized carbons (Fsp3) is 0.800. The van der Waals surface area contributed by atoms with Gasteiger partial charge in [0.1, 0.15) is 5.67 Å². The Balaban J connectivity index is 3.83. The molecule has 0 saturated heterocycles. The molecule has 72 valence electrons. The van der Waals surface area contributed by atoms with Gasteiger partial charge in [0, 0.05) is 5.25 Å². The zero-order chi connectivity index (χ0) is 9.78. The van der Waals surface area contributed by atoms with E-state index in [4.69, 9.17) is 0 Å². The number of alkyl halides is 1. The number of allylic oxidation sites excluding steroid dienone is 1. The van der Waals surface area contributed by atoms with Gasteiger partial charge in [-0.1, -0.05) is 20.4 Å². The lowest BCUT2D eigenvalue weighted by Gasteiger charge is -2.22. The highest BCUT2D eigenvalue weighted by atomic mass is 32.2. The Morgan fingerprint density at radius 1 is 1.67 bits per heavy atom. The van der Waals surface area contributed by atoms with E-state index < -0.39 is 5.67 Å². The largest absolute Gasteiger partial charge is 0.244 e. The average Bonchev–Trinajstić information content (AvgIpc) is 1.84. The van der Waals surface area contributed by atoms with Gasteiger partial charge in [-0.25, -0.2) is 4.39 Å². The molecule has 0 radical (unpaired) electrons. The summed E-state index contributed by atoms with van der Waals surface area (Å²) >= 11 is 1.66. The van der Waals surface area contributed by atoms with Crippen molar-refractivity contribution < 1.29 is 4.39 Å². The molecule has 2 unspecified atom stereocenters. The van der Waals surface area contributed by atoms with Crippen molar-refractivity contribution in [2.75, 3.05) is 0 Å². The van der Waals surface area contributed by atoms with Crippen LogP contribution < -0.4 is 0 Å². The molecule has 0 spiro atoms. The van der Waals surface area contributed by atoms with Gasteiger partial charge in [-0.3, -0.25) is 0 Å². The number of thioether (sulfide) groups is 1. The van der Waals surface area contributed by atoms with Gasteiger partial charge in [-0.05, 0) is 31.6 Å². The first-order chi connectivity index (χ1) is 5.37. The molecule has 0 aliphatic heterocycles. The summed E-state index contributed by atoms with van der Waals surface area (Å²) in [6.07, 6.45) is 1.20. The maximum absolute atomic E-state index is 13.5. The molecule has 0 aliphatic rings. The first-order valence-corrected chi connectivity index (χ1v) is 5.26. The predicted octanol–water partition coefficient (Wildman–Crippen LogP) is 4.17. The summed E-state index contributed by atoms with van der Waals surface area (Å²) in [4.78, 5) is 1.06. The lowest BCUT2D eigenvalue weighted by Crippen LogP contribution is -2.21. The molecule has 0 bridgehead atoms. The molecule has 0 heterocycles. The van der Waals surface area contributed by atoms with Gasteiger partial charge >= 0.3 is 0 Å². The van der Waals surface area contributed by atoms with E-state index in [0.29, 0.717) is 18.1 Å². The summed E-state index contributed by atoms with van der Waals surface area (Å²) in [7, 11) is 0. The van der Waals surface area contributed by atoms with Crippen molar-refractivity contribution in [1.82, 2.24) is 0 Å². The van der Waals surface area contributed by atoms with Crippen LogP contribution in [0.5, 0.6) is 0 Å². The summed E-state index contributed by atoms with van der Waals surface area (Å²) in [5, 5.41) is 0.331. The van der Waals surface area contributed by atoms with E-state index in [9.17, 15) is 4.39 Å². The molecule has 0 nitrogen and oxygen atoms in total. The van der Waals surface area contributed by atoms with Gasteiger partial charge in [0.25, 0.3) is 0 Å². The third-order valence-corrected chi connectivity index (χ3v) is 2.82. The quantitative estimate of drug-likeness (QED) is 0.627.